The Bertz CT molecular complexity index is 463. The normalized spacial score (nSPS) is 23.0. The Morgan fingerprint density at radius 1 is 1.32 bits per heavy atom. The summed E-state index contributed by atoms with van der Waals surface area (Å²) in [5.74, 6) is 0.679. The van der Waals surface area contributed by atoms with E-state index in [-0.39, 0.29) is 25.1 Å². The minimum atomic E-state index is -0.192. The van der Waals surface area contributed by atoms with Crippen LogP contribution in [0, 0.1) is 5.92 Å². The lowest BCUT2D eigenvalue weighted by Gasteiger charge is -2.36. The number of nitrogens with one attached hydrogen (secondary N) is 1. The molecule has 3 atom stereocenters. The van der Waals surface area contributed by atoms with Crippen molar-refractivity contribution in [3.63, 3.8) is 0 Å². The molecule has 0 radical (unpaired) electrons. The second kappa shape index (κ2) is 8.30. The predicted octanol–water partition coefficient (Wildman–Crippen LogP) is 2.35. The number of amides is 1. The third-order valence-corrected chi connectivity index (χ3v) is 4.84. The van der Waals surface area contributed by atoms with E-state index in [0.717, 1.165) is 12.0 Å². The average molecular weight is 304 g/mol. The van der Waals surface area contributed by atoms with Gasteiger partial charge in [0.1, 0.15) is 0 Å². The van der Waals surface area contributed by atoms with Crippen LogP contribution in [-0.4, -0.2) is 42.2 Å². The van der Waals surface area contributed by atoms with Gasteiger partial charge in [-0.1, -0.05) is 50.1 Å². The molecule has 1 amide bonds. The Kier molecular flexibility index (Phi) is 6.40. The first-order valence-electron chi connectivity index (χ1n) is 8.28. The molecule has 22 heavy (non-hydrogen) atoms. The van der Waals surface area contributed by atoms with Crippen LogP contribution in [0.4, 0.5) is 0 Å². The average Bonchev–Trinajstić information content (AvgIpc) is 2.56. The quantitative estimate of drug-likeness (QED) is 0.848. The van der Waals surface area contributed by atoms with Crippen molar-refractivity contribution < 1.29 is 9.90 Å². The second-order valence-corrected chi connectivity index (χ2v) is 6.36. The first kappa shape index (κ1) is 17.0. The van der Waals surface area contributed by atoms with Gasteiger partial charge in [0.25, 0.3) is 0 Å². The van der Waals surface area contributed by atoms with Gasteiger partial charge in [-0.05, 0) is 24.3 Å². The molecule has 122 valence electrons. The maximum Gasteiger partial charge on any atom is 0.236 e. The number of likely N-dealkylation sites (N-methyl/N-ethyl adjacent to an activating group) is 1. The molecule has 2 N–H and O–H groups in total. The molecule has 1 aliphatic carbocycles. The highest BCUT2D eigenvalue weighted by Crippen LogP contribution is 2.27. The van der Waals surface area contributed by atoms with Crippen molar-refractivity contribution in [3.05, 3.63) is 35.9 Å². The van der Waals surface area contributed by atoms with E-state index >= 15 is 0 Å². The van der Waals surface area contributed by atoms with E-state index in [0.29, 0.717) is 12.0 Å². The highest BCUT2D eigenvalue weighted by atomic mass is 16.3. The first-order chi connectivity index (χ1) is 10.6. The smallest absolute Gasteiger partial charge is 0.236 e. The van der Waals surface area contributed by atoms with E-state index in [4.69, 9.17) is 0 Å². The molecule has 0 saturated heterocycles. The third kappa shape index (κ3) is 4.31. The summed E-state index contributed by atoms with van der Waals surface area (Å²) in [5, 5.41) is 12.7. The van der Waals surface area contributed by atoms with Gasteiger partial charge in [-0.15, -0.1) is 0 Å². The number of benzene rings is 1. The van der Waals surface area contributed by atoms with Crippen LogP contribution in [-0.2, 0) is 4.79 Å². The Morgan fingerprint density at radius 3 is 2.64 bits per heavy atom. The number of aliphatic hydroxyl groups excluding tert-OH is 1. The maximum atomic E-state index is 12.4. The molecule has 1 saturated carbocycles. The predicted molar refractivity (Wildman–Crippen MR) is 88.5 cm³/mol. The molecular weight excluding hydrogens is 276 g/mol. The van der Waals surface area contributed by atoms with Crippen molar-refractivity contribution in [2.24, 2.45) is 5.92 Å². The summed E-state index contributed by atoms with van der Waals surface area (Å²) in [7, 11) is 1.91. The summed E-state index contributed by atoms with van der Waals surface area (Å²) in [6, 6.07) is 9.92. The van der Waals surface area contributed by atoms with Crippen LogP contribution in [0.1, 0.15) is 44.2 Å². The van der Waals surface area contributed by atoms with E-state index in [1.54, 1.807) is 0 Å². The lowest BCUT2D eigenvalue weighted by atomic mass is 9.85. The van der Waals surface area contributed by atoms with Crippen LogP contribution in [0.3, 0.4) is 0 Å². The molecule has 4 heteroatoms. The Balaban J connectivity index is 1.88. The standard InChI is InChI=1S/C18H28N2O2/c1-14-8-6-7-11-17(14)20(2)18(22)12-19-16(13-21)15-9-4-3-5-10-15/h3-5,9-10,14,16-17,19,21H,6-8,11-13H2,1-2H3/t14-,16-,17+/m1/s1. The number of carbonyl (C=O) groups excluding carboxylic acids is 1. The zero-order chi connectivity index (χ0) is 15.9. The van der Waals surface area contributed by atoms with Gasteiger partial charge in [-0.3, -0.25) is 10.1 Å². The number of hydrogen-bond donors (Lipinski definition) is 2. The molecule has 0 heterocycles. The Morgan fingerprint density at radius 2 is 2.00 bits per heavy atom. The summed E-state index contributed by atoms with van der Waals surface area (Å²) in [6.07, 6.45) is 4.80. The molecule has 0 aliphatic heterocycles. The summed E-state index contributed by atoms with van der Waals surface area (Å²) in [4.78, 5) is 14.3. The Hall–Kier alpha value is -1.39. The third-order valence-electron chi connectivity index (χ3n) is 4.84. The van der Waals surface area contributed by atoms with E-state index in [1.807, 2.05) is 42.3 Å². The molecule has 0 unspecified atom stereocenters. The molecule has 0 bridgehead atoms. The zero-order valence-electron chi connectivity index (χ0n) is 13.7. The monoisotopic (exact) mass is 304 g/mol. The molecule has 2 rings (SSSR count). The van der Waals surface area contributed by atoms with Gasteiger partial charge >= 0.3 is 0 Å². The topological polar surface area (TPSA) is 52.6 Å². The van der Waals surface area contributed by atoms with Gasteiger partial charge in [-0.2, -0.15) is 0 Å². The number of nitrogens with zero attached hydrogens (tertiary/aromatic N) is 1. The molecular formula is C18H28N2O2. The van der Waals surface area contributed by atoms with Crippen molar-refractivity contribution in [1.29, 1.82) is 0 Å². The Labute approximate surface area is 133 Å². The molecule has 1 aromatic rings. The number of carbonyl (C=O) groups is 1. The lowest BCUT2D eigenvalue weighted by molar-refractivity contribution is -0.132. The van der Waals surface area contributed by atoms with Crippen LogP contribution in [0.2, 0.25) is 0 Å². The van der Waals surface area contributed by atoms with Crippen LogP contribution in [0.5, 0.6) is 0 Å². The molecule has 0 spiro atoms. The minimum Gasteiger partial charge on any atom is -0.394 e. The van der Waals surface area contributed by atoms with Crippen LogP contribution >= 0.6 is 0 Å². The van der Waals surface area contributed by atoms with E-state index in [1.165, 1.54) is 19.3 Å². The largest absolute Gasteiger partial charge is 0.394 e. The lowest BCUT2D eigenvalue weighted by Crippen LogP contribution is -2.46. The number of aliphatic hydroxyl groups is 1. The second-order valence-electron chi connectivity index (χ2n) is 6.36. The fraction of sp³-hybridized carbons (Fsp3) is 0.611. The molecule has 0 aromatic heterocycles. The van der Waals surface area contributed by atoms with E-state index in [2.05, 4.69) is 12.2 Å². The summed E-state index contributed by atoms with van der Waals surface area (Å²) < 4.78 is 0. The van der Waals surface area contributed by atoms with E-state index in [9.17, 15) is 9.90 Å². The van der Waals surface area contributed by atoms with Crippen LogP contribution in [0.25, 0.3) is 0 Å². The van der Waals surface area contributed by atoms with Crippen molar-refractivity contribution in [3.8, 4) is 0 Å². The zero-order valence-corrected chi connectivity index (χ0v) is 13.7. The van der Waals surface area contributed by atoms with Crippen molar-refractivity contribution in [1.82, 2.24) is 10.2 Å². The van der Waals surface area contributed by atoms with E-state index < -0.39 is 0 Å². The van der Waals surface area contributed by atoms with Crippen LogP contribution < -0.4 is 5.32 Å². The van der Waals surface area contributed by atoms with Gasteiger partial charge in [0.15, 0.2) is 0 Å². The van der Waals surface area contributed by atoms with Gasteiger partial charge in [0, 0.05) is 13.1 Å². The molecule has 4 nitrogen and oxygen atoms in total. The summed E-state index contributed by atoms with van der Waals surface area (Å²) in [5.41, 5.74) is 1.01. The van der Waals surface area contributed by atoms with Gasteiger partial charge in [0.05, 0.1) is 19.2 Å². The molecule has 1 fully saturated rings. The number of rotatable bonds is 6. The van der Waals surface area contributed by atoms with Gasteiger partial charge in [-0.25, -0.2) is 0 Å². The van der Waals surface area contributed by atoms with Crippen molar-refractivity contribution in [2.45, 2.75) is 44.7 Å². The van der Waals surface area contributed by atoms with Crippen molar-refractivity contribution in [2.75, 3.05) is 20.2 Å². The fourth-order valence-electron chi connectivity index (χ4n) is 3.37. The fourth-order valence-corrected chi connectivity index (χ4v) is 3.37. The summed E-state index contributed by atoms with van der Waals surface area (Å²) >= 11 is 0. The first-order valence-corrected chi connectivity index (χ1v) is 8.28. The van der Waals surface area contributed by atoms with Gasteiger partial charge in [0.2, 0.25) is 5.91 Å². The highest BCUT2D eigenvalue weighted by molar-refractivity contribution is 5.78. The summed E-state index contributed by atoms with van der Waals surface area (Å²) in [6.45, 7) is 2.49. The van der Waals surface area contributed by atoms with Gasteiger partial charge < -0.3 is 10.0 Å². The molecule has 1 aliphatic rings. The SMILES string of the molecule is C[C@@H]1CCCC[C@@H]1N(C)C(=O)CN[C@H](CO)c1ccccc1. The minimum absolute atomic E-state index is 0.0131. The molecule has 1 aromatic carbocycles. The van der Waals surface area contributed by atoms with Crippen LogP contribution in [0.15, 0.2) is 30.3 Å². The van der Waals surface area contributed by atoms with Crippen molar-refractivity contribution >= 4 is 5.91 Å². The highest BCUT2D eigenvalue weighted by Gasteiger charge is 2.27. The maximum absolute atomic E-state index is 12.4. The number of hydrogen-bond acceptors (Lipinski definition) is 3.